The summed E-state index contributed by atoms with van der Waals surface area (Å²) in [5, 5.41) is 0. The molecule has 53 heavy (non-hydrogen) atoms. The fraction of sp³-hybridized carbons (Fsp3) is 0.500. The van der Waals surface area contributed by atoms with Crippen molar-refractivity contribution >= 4 is 39.2 Å². The first kappa shape index (κ1) is 49.6. The summed E-state index contributed by atoms with van der Waals surface area (Å²) in [6.45, 7) is 12.7. The van der Waals surface area contributed by atoms with Gasteiger partial charge in [0, 0.05) is 50.8 Å². The molecule has 2 aromatic rings. The molecule has 0 amide bonds. The number of nitrogens with zero attached hydrogens (tertiary/aromatic N) is 2. The van der Waals surface area contributed by atoms with E-state index in [1.165, 1.54) is 52.5 Å². The van der Waals surface area contributed by atoms with Crippen LogP contribution < -0.4 is 22.5 Å². The van der Waals surface area contributed by atoms with Crippen molar-refractivity contribution < 1.29 is 51.0 Å². The van der Waals surface area contributed by atoms with Gasteiger partial charge in [-0.2, -0.15) is 9.84 Å². The number of hydrogen-bond acceptors (Lipinski definition) is 14. The zero-order chi connectivity index (χ0) is 41.6. The van der Waals surface area contributed by atoms with Crippen LogP contribution in [-0.2, 0) is 54.4 Å². The van der Waals surface area contributed by atoms with Crippen LogP contribution in [0.15, 0.2) is 80.7 Å². The quantitative estimate of drug-likeness (QED) is 0.0556. The second-order valence-electron chi connectivity index (χ2n) is 10.2. The van der Waals surface area contributed by atoms with Gasteiger partial charge in [-0.25, -0.2) is 14.4 Å². The number of allylic oxidation sites excluding steroid dienone is 5. The summed E-state index contributed by atoms with van der Waals surface area (Å²) in [6.07, 6.45) is 9.77. The van der Waals surface area contributed by atoms with Gasteiger partial charge in [-0.05, 0) is 38.7 Å². The van der Waals surface area contributed by atoms with Crippen LogP contribution in [-0.4, -0.2) is 83.1 Å². The number of rotatable bonds is 20. The molecular weight excluding hydrogens is 780 g/mol. The van der Waals surface area contributed by atoms with E-state index in [0.29, 0.717) is 26.2 Å². The lowest BCUT2D eigenvalue weighted by Gasteiger charge is -2.17. The molecule has 2 heterocycles. The van der Waals surface area contributed by atoms with Crippen LogP contribution in [0.25, 0.3) is 0 Å². The molecule has 3 N–H and O–H groups in total. The van der Waals surface area contributed by atoms with Crippen LogP contribution in [0.1, 0.15) is 34.1 Å². The molecule has 0 fully saturated rings. The third-order valence-corrected chi connectivity index (χ3v) is 9.81. The highest BCUT2D eigenvalue weighted by Gasteiger charge is 2.27. The first-order valence-corrected chi connectivity index (χ1v) is 20.8. The molecule has 0 spiro atoms. The van der Waals surface area contributed by atoms with E-state index >= 15 is 0 Å². The second-order valence-corrected chi connectivity index (χ2v) is 15.5. The van der Waals surface area contributed by atoms with Crippen LogP contribution in [0.2, 0.25) is 0 Å². The Labute approximate surface area is 312 Å². The zero-order valence-corrected chi connectivity index (χ0v) is 34.2. The molecule has 23 heteroatoms. The van der Waals surface area contributed by atoms with Gasteiger partial charge in [0.1, 0.15) is 0 Å². The van der Waals surface area contributed by atoms with Crippen LogP contribution >= 0.6 is 33.1 Å². The van der Waals surface area contributed by atoms with Crippen molar-refractivity contribution in [1.29, 1.82) is 1.28 Å². The van der Waals surface area contributed by atoms with Gasteiger partial charge in [0.2, 0.25) is 6.79 Å². The maximum atomic E-state index is 12.9. The number of ether oxygens (including phenoxy) is 3. The van der Waals surface area contributed by atoms with Crippen molar-refractivity contribution in [2.75, 3.05) is 45.6 Å². The van der Waals surface area contributed by atoms with E-state index in [-0.39, 0.29) is 42.8 Å². The standard InChI is InChI=1S/C18H29N2O9P.C8H10N2O2.C4H8O4P2.H3P/c1-4-25-11-7-12-27-30(24,28-14-26-18(23)29-15(2)3)13-6-5-9-20-10-8-16(21)19-17(20)22;1-2-3-5-10-6-4-7(11)9-8(10)12;1-3-4-10(6,7)8-9(2)5;/h5-6,8,10,15H,4,7,9,11-14H2,1-3H3,(H,19,21,22);2-4,6H,5H2,1H3,(H,9,11,12);3H,1,4H2,2H3;1H3/p+1/b6-5+;;;/i;;;1D. The van der Waals surface area contributed by atoms with Crippen LogP contribution in [0.5, 0.6) is 0 Å². The maximum Gasteiger partial charge on any atom is 0.513 e. The Balaban J connectivity index is 0. The van der Waals surface area contributed by atoms with E-state index in [4.69, 9.17) is 29.4 Å². The van der Waals surface area contributed by atoms with Gasteiger partial charge < -0.3 is 23.6 Å². The highest BCUT2D eigenvalue weighted by molar-refractivity contribution is 7.61. The normalized spacial score (nSPS) is 13.5. The first-order chi connectivity index (χ1) is 25.5. The lowest BCUT2D eigenvalue weighted by Crippen LogP contribution is -2.28. The molecule has 0 aliphatic carbocycles. The number of carbonyl (C=O) groups is 1. The van der Waals surface area contributed by atoms with Crippen molar-refractivity contribution in [3.8, 4) is 0 Å². The van der Waals surface area contributed by atoms with Crippen LogP contribution in [0, 0.1) is 0 Å². The predicted octanol–water partition coefficient (Wildman–Crippen LogP) is 4.18. The first-order valence-electron chi connectivity index (χ1n) is 16.2. The predicted molar refractivity (Wildman–Crippen MR) is 205 cm³/mol. The molecule has 0 saturated carbocycles. The Bertz CT molecular complexity index is 1790. The lowest BCUT2D eigenvalue weighted by atomic mass is 10.5. The molecule has 4 unspecified atom stereocenters. The topological polar surface area (TPSA) is 254 Å². The maximum absolute atomic E-state index is 12.9. The number of hydrogen-bond donors (Lipinski definition) is 3. The third kappa shape index (κ3) is 27.0. The molecule has 0 aliphatic heterocycles. The molecule has 300 valence electrons. The van der Waals surface area contributed by atoms with E-state index < -0.39 is 47.4 Å². The van der Waals surface area contributed by atoms with Gasteiger partial charge in [-0.3, -0.25) is 42.3 Å². The highest BCUT2D eigenvalue weighted by Crippen LogP contribution is 2.49. The Morgan fingerprint density at radius 1 is 1.00 bits per heavy atom. The van der Waals surface area contributed by atoms with E-state index in [0.717, 1.165) is 0 Å². The van der Waals surface area contributed by atoms with E-state index in [9.17, 15) is 37.7 Å². The molecule has 2 rings (SSSR count). The Hall–Kier alpha value is -3.36. The molecule has 19 nitrogen and oxygen atoms in total. The van der Waals surface area contributed by atoms with Crippen molar-refractivity contribution in [2.24, 2.45) is 0 Å². The van der Waals surface area contributed by atoms with Crippen LogP contribution in [0.4, 0.5) is 4.79 Å². The Kier molecular flexibility index (Phi) is 27.2. The summed E-state index contributed by atoms with van der Waals surface area (Å²) in [4.78, 5) is 68.8. The SMILES string of the molecule is C=CCP(=O)(O)O[P+](C)=O.CC=CCn1ccc(=O)[nH]c1=O.CCOCCCOP(=O)(C/C=C/Cn1ccc(=O)[nH]c1=O)OCOC(=O)OC(C)C.[2H]P. The largest absolute Gasteiger partial charge is 0.513 e. The van der Waals surface area contributed by atoms with E-state index in [1.54, 1.807) is 29.8 Å². The average Bonchev–Trinajstić information content (AvgIpc) is 3.07. The lowest BCUT2D eigenvalue weighted by molar-refractivity contribution is -0.0130. The minimum absolute atomic E-state index is 0.109. The second kappa shape index (κ2) is 29.1. The van der Waals surface area contributed by atoms with Crippen LogP contribution in [0.3, 0.4) is 0 Å². The Morgan fingerprint density at radius 3 is 2.04 bits per heavy atom. The smallest absolute Gasteiger partial charge is 0.432 e. The van der Waals surface area contributed by atoms with Gasteiger partial charge in [-0.1, -0.05) is 34.7 Å². The van der Waals surface area contributed by atoms with E-state index in [1.807, 2.05) is 26.0 Å². The molecule has 2 aromatic heterocycles. The van der Waals surface area contributed by atoms with E-state index in [2.05, 4.69) is 20.9 Å². The summed E-state index contributed by atoms with van der Waals surface area (Å²) in [6, 6.07) is 2.54. The average molecular weight is 833 g/mol. The molecule has 0 saturated heterocycles. The molecule has 0 bridgehead atoms. The summed E-state index contributed by atoms with van der Waals surface area (Å²) in [5.74, 6) is 0. The number of carbonyl (C=O) groups excluding carboxylic acids is 1. The molecule has 4 atom stereocenters. The number of H-pyrrole nitrogens is 2. The zero-order valence-electron chi connectivity index (χ0n) is 31.3. The Morgan fingerprint density at radius 2 is 1.57 bits per heavy atom. The number of aromatic nitrogens is 4. The van der Waals surface area contributed by atoms with Crippen molar-refractivity contribution in [3.05, 3.63) is 103 Å². The summed E-state index contributed by atoms with van der Waals surface area (Å²) in [5.41, 5.74) is -1.79. The van der Waals surface area contributed by atoms with Crippen molar-refractivity contribution in [1.82, 2.24) is 19.1 Å². The fourth-order valence-electron chi connectivity index (χ4n) is 3.20. The fourth-order valence-corrected chi connectivity index (χ4v) is 6.54. The summed E-state index contributed by atoms with van der Waals surface area (Å²) in [7, 11) is -7.61. The molecule has 0 aromatic carbocycles. The van der Waals surface area contributed by atoms with Gasteiger partial charge in [-0.15, -0.1) is 6.58 Å². The van der Waals surface area contributed by atoms with Gasteiger partial charge in [0.15, 0.2) is 6.66 Å². The number of aromatic amines is 2. The minimum atomic E-state index is -3.65. The number of nitrogens with one attached hydrogen (secondary N) is 2. The van der Waals surface area contributed by atoms with Gasteiger partial charge in [0.05, 0.1) is 26.3 Å². The van der Waals surface area contributed by atoms with Gasteiger partial charge >= 0.3 is 40.8 Å². The monoisotopic (exact) mass is 832 g/mol. The van der Waals surface area contributed by atoms with Gasteiger partial charge in [0.25, 0.3) is 11.1 Å². The summed E-state index contributed by atoms with van der Waals surface area (Å²) >= 11 is 0. The molecule has 0 radical (unpaired) electrons. The molecule has 0 aliphatic rings. The summed E-state index contributed by atoms with van der Waals surface area (Å²) < 4.78 is 71.8. The third-order valence-electron chi connectivity index (χ3n) is 5.41. The highest BCUT2D eigenvalue weighted by atomic mass is 31.2. The molecular formula is C30H51N4O15P4+. The van der Waals surface area contributed by atoms with Crippen molar-refractivity contribution in [2.45, 2.75) is 53.3 Å². The minimum Gasteiger partial charge on any atom is -0.432 e. The van der Waals surface area contributed by atoms with Crippen molar-refractivity contribution in [3.63, 3.8) is 0 Å².